The number of piperidine rings is 1. The number of halogens is 1. The fourth-order valence-electron chi connectivity index (χ4n) is 2.65. The highest BCUT2D eigenvalue weighted by molar-refractivity contribution is 5.85. The fourth-order valence-corrected chi connectivity index (χ4v) is 2.65. The second kappa shape index (κ2) is 9.14. The molecule has 3 nitrogen and oxygen atoms in total. The summed E-state index contributed by atoms with van der Waals surface area (Å²) in [5, 5.41) is 0. The van der Waals surface area contributed by atoms with Crippen LogP contribution in [0.5, 0.6) is 0 Å². The molecule has 1 aliphatic rings. The number of likely N-dealkylation sites (tertiary alicyclic amines) is 1. The van der Waals surface area contributed by atoms with E-state index in [0.717, 1.165) is 25.9 Å². The third-order valence-electron chi connectivity index (χ3n) is 3.84. The lowest BCUT2D eigenvalue weighted by Gasteiger charge is -2.37. The molecule has 1 aliphatic heterocycles. The Bertz CT molecular complexity index is 397. The van der Waals surface area contributed by atoms with Gasteiger partial charge >= 0.3 is 0 Å². The van der Waals surface area contributed by atoms with Crippen LogP contribution in [0.15, 0.2) is 36.4 Å². The lowest BCUT2D eigenvalue weighted by Crippen LogP contribution is -2.48. The quantitative estimate of drug-likeness (QED) is 0.907. The number of hydrogen-bond donors (Lipinski definition) is 1. The summed E-state index contributed by atoms with van der Waals surface area (Å²) in [7, 11) is 1.79. The van der Waals surface area contributed by atoms with Crippen molar-refractivity contribution in [1.82, 2.24) is 4.90 Å². The molecule has 0 spiro atoms. The first kappa shape index (κ1) is 17.2. The van der Waals surface area contributed by atoms with Crippen LogP contribution in [0.1, 0.15) is 18.4 Å². The molecule has 0 radical (unpaired) electrons. The number of methoxy groups -OCH3 is 1. The van der Waals surface area contributed by atoms with Gasteiger partial charge in [-0.15, -0.1) is 12.4 Å². The minimum absolute atomic E-state index is 0. The predicted octanol–water partition coefficient (Wildman–Crippen LogP) is 2.56. The van der Waals surface area contributed by atoms with Gasteiger partial charge in [0.25, 0.3) is 0 Å². The zero-order valence-electron chi connectivity index (χ0n) is 12.1. The number of nitrogens with zero attached hydrogens (tertiary/aromatic N) is 1. The molecule has 0 saturated carbocycles. The van der Waals surface area contributed by atoms with E-state index in [1.807, 2.05) is 6.07 Å². The zero-order chi connectivity index (χ0) is 13.5. The monoisotopic (exact) mass is 296 g/mol. The largest absolute Gasteiger partial charge is 0.381 e. The van der Waals surface area contributed by atoms with Crippen LogP contribution >= 0.6 is 12.4 Å². The van der Waals surface area contributed by atoms with E-state index in [0.29, 0.717) is 18.7 Å². The standard InChI is InChI=1S/C16H24N2O.ClH/c1-19-16-9-11-18(15(12-16)13-17)10-5-8-14-6-3-2-4-7-14;/h2-8,15-16H,9-13,17H2,1H3;1H/b8-5+;. The molecular weight excluding hydrogens is 272 g/mol. The zero-order valence-corrected chi connectivity index (χ0v) is 12.9. The molecule has 1 fully saturated rings. The lowest BCUT2D eigenvalue weighted by molar-refractivity contribution is 0.0177. The minimum atomic E-state index is 0. The van der Waals surface area contributed by atoms with Crippen LogP contribution < -0.4 is 5.73 Å². The van der Waals surface area contributed by atoms with Crippen LogP contribution in [0.4, 0.5) is 0 Å². The third kappa shape index (κ3) is 4.91. The van der Waals surface area contributed by atoms with E-state index in [-0.39, 0.29) is 12.4 Å². The van der Waals surface area contributed by atoms with E-state index in [1.54, 1.807) is 7.11 Å². The van der Waals surface area contributed by atoms with E-state index in [4.69, 9.17) is 10.5 Å². The minimum Gasteiger partial charge on any atom is -0.381 e. The highest BCUT2D eigenvalue weighted by atomic mass is 35.5. The smallest absolute Gasteiger partial charge is 0.0599 e. The summed E-state index contributed by atoms with van der Waals surface area (Å²) in [6, 6.07) is 10.8. The summed E-state index contributed by atoms with van der Waals surface area (Å²) in [6.45, 7) is 2.74. The van der Waals surface area contributed by atoms with Crippen molar-refractivity contribution in [1.29, 1.82) is 0 Å². The number of ether oxygens (including phenoxy) is 1. The molecule has 1 heterocycles. The van der Waals surface area contributed by atoms with Crippen LogP contribution in [0, 0.1) is 0 Å². The molecule has 0 aromatic heterocycles. The number of nitrogens with two attached hydrogens (primary N) is 1. The van der Waals surface area contributed by atoms with Crippen molar-refractivity contribution in [2.45, 2.75) is 25.0 Å². The maximum absolute atomic E-state index is 5.87. The van der Waals surface area contributed by atoms with Gasteiger partial charge in [0.05, 0.1) is 6.10 Å². The number of benzene rings is 1. The van der Waals surface area contributed by atoms with Crippen LogP contribution in [-0.2, 0) is 4.74 Å². The first-order valence-electron chi connectivity index (χ1n) is 7.02. The molecular formula is C16H25ClN2O. The Morgan fingerprint density at radius 3 is 2.75 bits per heavy atom. The molecule has 0 bridgehead atoms. The maximum Gasteiger partial charge on any atom is 0.0599 e. The van der Waals surface area contributed by atoms with Crippen LogP contribution in [0.25, 0.3) is 6.08 Å². The lowest BCUT2D eigenvalue weighted by atomic mass is 9.99. The van der Waals surface area contributed by atoms with Gasteiger partial charge < -0.3 is 10.5 Å². The molecule has 20 heavy (non-hydrogen) atoms. The van der Waals surface area contributed by atoms with Gasteiger partial charge in [0.15, 0.2) is 0 Å². The van der Waals surface area contributed by atoms with Gasteiger partial charge in [-0.1, -0.05) is 42.5 Å². The van der Waals surface area contributed by atoms with Gasteiger partial charge in [-0.25, -0.2) is 0 Å². The van der Waals surface area contributed by atoms with Crippen molar-refractivity contribution in [3.63, 3.8) is 0 Å². The average molecular weight is 297 g/mol. The van der Waals surface area contributed by atoms with Gasteiger partial charge in [-0.05, 0) is 18.4 Å². The van der Waals surface area contributed by atoms with Gasteiger partial charge in [0, 0.05) is 32.8 Å². The van der Waals surface area contributed by atoms with E-state index >= 15 is 0 Å². The van der Waals surface area contributed by atoms with Gasteiger partial charge in [-0.2, -0.15) is 0 Å². The second-order valence-electron chi connectivity index (χ2n) is 5.08. The molecule has 1 saturated heterocycles. The van der Waals surface area contributed by atoms with E-state index in [1.165, 1.54) is 5.56 Å². The fraction of sp³-hybridized carbons (Fsp3) is 0.500. The van der Waals surface area contributed by atoms with Crippen molar-refractivity contribution < 1.29 is 4.74 Å². The van der Waals surface area contributed by atoms with Crippen molar-refractivity contribution in [3.8, 4) is 0 Å². The van der Waals surface area contributed by atoms with Crippen molar-refractivity contribution >= 4 is 18.5 Å². The average Bonchev–Trinajstić information content (AvgIpc) is 2.48. The summed E-state index contributed by atoms with van der Waals surface area (Å²) in [5.41, 5.74) is 7.12. The Kier molecular flexibility index (Phi) is 7.85. The molecule has 0 amide bonds. The van der Waals surface area contributed by atoms with E-state index in [2.05, 4.69) is 41.3 Å². The van der Waals surface area contributed by atoms with Gasteiger partial charge in [-0.3, -0.25) is 4.90 Å². The Balaban J connectivity index is 0.00000200. The number of rotatable bonds is 5. The molecule has 2 atom stereocenters. The topological polar surface area (TPSA) is 38.5 Å². The van der Waals surface area contributed by atoms with Crippen molar-refractivity contribution in [3.05, 3.63) is 42.0 Å². The highest BCUT2D eigenvalue weighted by Crippen LogP contribution is 2.19. The molecule has 1 aromatic rings. The van der Waals surface area contributed by atoms with Gasteiger partial charge in [0.1, 0.15) is 0 Å². The Labute approximate surface area is 128 Å². The molecule has 2 unspecified atom stereocenters. The number of hydrogen-bond acceptors (Lipinski definition) is 3. The Morgan fingerprint density at radius 2 is 2.10 bits per heavy atom. The molecule has 2 N–H and O–H groups in total. The first-order valence-corrected chi connectivity index (χ1v) is 7.02. The second-order valence-corrected chi connectivity index (χ2v) is 5.08. The first-order chi connectivity index (χ1) is 9.33. The summed E-state index contributed by atoms with van der Waals surface area (Å²) in [5.74, 6) is 0. The highest BCUT2D eigenvalue weighted by Gasteiger charge is 2.26. The summed E-state index contributed by atoms with van der Waals surface area (Å²) >= 11 is 0. The molecule has 4 heteroatoms. The summed E-state index contributed by atoms with van der Waals surface area (Å²) in [4.78, 5) is 2.45. The maximum atomic E-state index is 5.87. The third-order valence-corrected chi connectivity index (χ3v) is 3.84. The predicted molar refractivity (Wildman–Crippen MR) is 87.2 cm³/mol. The Hall–Kier alpha value is -0.870. The van der Waals surface area contributed by atoms with Crippen molar-refractivity contribution in [2.24, 2.45) is 5.73 Å². The van der Waals surface area contributed by atoms with Crippen molar-refractivity contribution in [2.75, 3.05) is 26.7 Å². The molecule has 2 rings (SSSR count). The van der Waals surface area contributed by atoms with E-state index < -0.39 is 0 Å². The molecule has 1 aromatic carbocycles. The molecule has 0 aliphatic carbocycles. The van der Waals surface area contributed by atoms with Gasteiger partial charge in [0.2, 0.25) is 0 Å². The molecule has 112 valence electrons. The van der Waals surface area contributed by atoms with Crippen LogP contribution in [0.2, 0.25) is 0 Å². The Morgan fingerprint density at radius 1 is 1.35 bits per heavy atom. The van der Waals surface area contributed by atoms with Crippen LogP contribution in [0.3, 0.4) is 0 Å². The summed E-state index contributed by atoms with van der Waals surface area (Å²) in [6.07, 6.45) is 6.93. The SMILES string of the molecule is COC1CCN(C/C=C/c2ccccc2)C(CN)C1.Cl. The summed E-state index contributed by atoms with van der Waals surface area (Å²) < 4.78 is 5.45. The van der Waals surface area contributed by atoms with Crippen LogP contribution in [-0.4, -0.2) is 43.8 Å². The normalized spacial score (nSPS) is 23.7. The van der Waals surface area contributed by atoms with E-state index in [9.17, 15) is 0 Å².